The lowest BCUT2D eigenvalue weighted by molar-refractivity contribution is -0.143. The number of aliphatic carboxylic acids is 1. The average molecular weight is 526 g/mol. The summed E-state index contributed by atoms with van der Waals surface area (Å²) in [5.41, 5.74) is 6.53. The number of carbonyl (C=O) groups is 1. The fourth-order valence-electron chi connectivity index (χ4n) is 4.60. The lowest BCUT2D eigenvalue weighted by Crippen LogP contribution is -2.45. The van der Waals surface area contributed by atoms with Gasteiger partial charge in [-0.1, -0.05) is 41.6 Å². The SMILES string of the molecule is Cc1ccc(OCc2ccc(CNC(C)(C)CO)cc2C)c(C2=CSC(N3CCC(C(=O)O)CC3)N2)c1. The molecule has 0 saturated carbocycles. The molecular weight excluding hydrogens is 486 g/mol. The van der Waals surface area contributed by atoms with Gasteiger partial charge in [0.05, 0.1) is 18.2 Å². The summed E-state index contributed by atoms with van der Waals surface area (Å²) in [6, 6.07) is 12.7. The van der Waals surface area contributed by atoms with Crippen LogP contribution in [0.25, 0.3) is 5.70 Å². The van der Waals surface area contributed by atoms with Gasteiger partial charge < -0.3 is 25.6 Å². The van der Waals surface area contributed by atoms with Gasteiger partial charge in [-0.2, -0.15) is 0 Å². The quantitative estimate of drug-likeness (QED) is 0.361. The number of hydrogen-bond acceptors (Lipinski definition) is 7. The molecule has 1 saturated heterocycles. The number of carboxylic acid groups (broad SMARTS) is 1. The summed E-state index contributed by atoms with van der Waals surface area (Å²) in [6.45, 7) is 11.0. The number of aliphatic hydroxyl groups is 1. The number of aryl methyl sites for hydroxylation is 2. The van der Waals surface area contributed by atoms with Crippen molar-refractivity contribution in [1.82, 2.24) is 15.5 Å². The van der Waals surface area contributed by atoms with Crippen LogP contribution >= 0.6 is 11.8 Å². The third-order valence-electron chi connectivity index (χ3n) is 7.19. The smallest absolute Gasteiger partial charge is 0.306 e. The lowest BCUT2D eigenvalue weighted by Gasteiger charge is -2.34. The minimum Gasteiger partial charge on any atom is -0.488 e. The number of carboxylic acids is 1. The first kappa shape index (κ1) is 27.5. The van der Waals surface area contributed by atoms with Gasteiger partial charge in [0.15, 0.2) is 0 Å². The summed E-state index contributed by atoms with van der Waals surface area (Å²) in [7, 11) is 0. The third-order valence-corrected chi connectivity index (χ3v) is 8.23. The van der Waals surface area contributed by atoms with E-state index in [1.807, 2.05) is 19.9 Å². The topological polar surface area (TPSA) is 94.1 Å². The number of likely N-dealkylation sites (tertiary alicyclic amines) is 1. The first-order valence-electron chi connectivity index (χ1n) is 12.9. The molecule has 1 atom stereocenters. The van der Waals surface area contributed by atoms with Crippen molar-refractivity contribution in [1.29, 1.82) is 0 Å². The first-order chi connectivity index (χ1) is 17.6. The van der Waals surface area contributed by atoms with Gasteiger partial charge >= 0.3 is 5.97 Å². The Balaban J connectivity index is 1.38. The maximum Gasteiger partial charge on any atom is 0.306 e. The van der Waals surface area contributed by atoms with E-state index in [9.17, 15) is 15.0 Å². The van der Waals surface area contributed by atoms with Crippen LogP contribution in [0.5, 0.6) is 5.75 Å². The van der Waals surface area contributed by atoms with Crippen molar-refractivity contribution in [3.8, 4) is 5.75 Å². The Labute approximate surface area is 224 Å². The summed E-state index contributed by atoms with van der Waals surface area (Å²) in [5, 5.41) is 27.9. The molecule has 4 rings (SSSR count). The zero-order chi connectivity index (χ0) is 26.6. The molecular formula is C29H39N3O4S. The molecule has 1 fully saturated rings. The van der Waals surface area contributed by atoms with Crippen LogP contribution in [-0.2, 0) is 17.9 Å². The monoisotopic (exact) mass is 525 g/mol. The van der Waals surface area contributed by atoms with Crippen molar-refractivity contribution in [2.24, 2.45) is 5.92 Å². The highest BCUT2D eigenvalue weighted by Crippen LogP contribution is 2.36. The molecule has 2 aliphatic heterocycles. The summed E-state index contributed by atoms with van der Waals surface area (Å²) in [4.78, 5) is 13.6. The van der Waals surface area contributed by atoms with Crippen LogP contribution < -0.4 is 15.4 Å². The van der Waals surface area contributed by atoms with E-state index in [0.717, 1.165) is 35.7 Å². The molecule has 200 valence electrons. The highest BCUT2D eigenvalue weighted by atomic mass is 32.2. The molecule has 7 nitrogen and oxygen atoms in total. The van der Waals surface area contributed by atoms with Crippen molar-refractivity contribution >= 4 is 23.4 Å². The number of piperidine rings is 1. The Morgan fingerprint density at radius 3 is 2.62 bits per heavy atom. The van der Waals surface area contributed by atoms with Crippen LogP contribution in [0.3, 0.4) is 0 Å². The number of nitrogens with zero attached hydrogens (tertiary/aromatic N) is 1. The standard InChI is InChI=1S/C29H39N3O4S/c1-19-5-8-26(36-16-23-7-6-21(14-20(23)2)15-30-29(3,4)18-33)24(13-19)25-17-37-28(31-25)32-11-9-22(10-12-32)27(34)35/h5-8,13-14,17,22,28,30-31,33H,9-12,15-16,18H2,1-4H3,(H,34,35). The van der Waals surface area contributed by atoms with Crippen LogP contribution in [0.15, 0.2) is 41.8 Å². The molecule has 2 aromatic rings. The Hall–Kier alpha value is -2.52. The molecule has 0 bridgehead atoms. The number of benzene rings is 2. The predicted molar refractivity (Wildman–Crippen MR) is 149 cm³/mol. The Bertz CT molecular complexity index is 1140. The zero-order valence-electron chi connectivity index (χ0n) is 22.2. The average Bonchev–Trinajstić information content (AvgIpc) is 3.38. The fraction of sp³-hybridized carbons (Fsp3) is 0.483. The number of aliphatic hydroxyl groups excluding tert-OH is 1. The zero-order valence-corrected chi connectivity index (χ0v) is 23.0. The van der Waals surface area contributed by atoms with Gasteiger partial charge in [-0.15, -0.1) is 0 Å². The van der Waals surface area contributed by atoms with E-state index in [-0.39, 0.29) is 23.6 Å². The number of nitrogens with one attached hydrogen (secondary N) is 2. The van der Waals surface area contributed by atoms with E-state index in [2.05, 4.69) is 65.1 Å². The van der Waals surface area contributed by atoms with E-state index in [1.54, 1.807) is 11.8 Å². The number of rotatable bonds is 10. The van der Waals surface area contributed by atoms with Gasteiger partial charge in [-0.05, 0) is 74.8 Å². The molecule has 0 radical (unpaired) electrons. The second-order valence-electron chi connectivity index (χ2n) is 10.8. The summed E-state index contributed by atoms with van der Waals surface area (Å²) in [5.74, 6) is -0.0720. The Kier molecular flexibility index (Phi) is 8.85. The highest BCUT2D eigenvalue weighted by Gasteiger charge is 2.31. The first-order valence-corrected chi connectivity index (χ1v) is 13.9. The molecule has 1 unspecified atom stereocenters. The molecule has 37 heavy (non-hydrogen) atoms. The van der Waals surface area contributed by atoms with Crippen LogP contribution in [-0.4, -0.2) is 51.8 Å². The molecule has 2 aliphatic rings. The molecule has 0 aromatic heterocycles. The van der Waals surface area contributed by atoms with Crippen molar-refractivity contribution in [3.05, 3.63) is 69.6 Å². The molecule has 2 heterocycles. The molecule has 0 aliphatic carbocycles. The number of hydrogen-bond donors (Lipinski definition) is 4. The van der Waals surface area contributed by atoms with Gasteiger partial charge in [0.2, 0.25) is 0 Å². The van der Waals surface area contributed by atoms with E-state index in [0.29, 0.717) is 26.0 Å². The Morgan fingerprint density at radius 2 is 1.95 bits per heavy atom. The van der Waals surface area contributed by atoms with Crippen molar-refractivity contribution in [2.75, 3.05) is 19.7 Å². The van der Waals surface area contributed by atoms with Crippen molar-refractivity contribution in [2.45, 2.75) is 64.7 Å². The predicted octanol–water partition coefficient (Wildman–Crippen LogP) is 4.46. The third kappa shape index (κ3) is 7.08. The van der Waals surface area contributed by atoms with E-state index in [1.165, 1.54) is 16.7 Å². The van der Waals surface area contributed by atoms with Crippen LogP contribution in [0.4, 0.5) is 0 Å². The lowest BCUT2D eigenvalue weighted by atomic mass is 9.97. The summed E-state index contributed by atoms with van der Waals surface area (Å²) in [6.07, 6.45) is 1.38. The van der Waals surface area contributed by atoms with E-state index < -0.39 is 5.97 Å². The number of thioether (sulfide) groups is 1. The minimum absolute atomic E-state index is 0.0879. The van der Waals surface area contributed by atoms with Gasteiger partial charge in [0.25, 0.3) is 0 Å². The highest BCUT2D eigenvalue weighted by molar-refractivity contribution is 8.03. The normalized spacial score (nSPS) is 18.9. The van der Waals surface area contributed by atoms with Gasteiger partial charge in [0.1, 0.15) is 17.9 Å². The second-order valence-corrected chi connectivity index (χ2v) is 11.7. The van der Waals surface area contributed by atoms with Crippen molar-refractivity contribution < 1.29 is 19.7 Å². The van der Waals surface area contributed by atoms with Crippen molar-refractivity contribution in [3.63, 3.8) is 0 Å². The van der Waals surface area contributed by atoms with Gasteiger partial charge in [-0.25, -0.2) is 0 Å². The molecule has 4 N–H and O–H groups in total. The van der Waals surface area contributed by atoms with Gasteiger partial charge in [0, 0.05) is 30.7 Å². The number of ether oxygens (including phenoxy) is 1. The fourth-order valence-corrected chi connectivity index (χ4v) is 5.63. The van der Waals surface area contributed by atoms with Crippen LogP contribution in [0, 0.1) is 19.8 Å². The van der Waals surface area contributed by atoms with E-state index >= 15 is 0 Å². The van der Waals surface area contributed by atoms with E-state index in [4.69, 9.17) is 4.74 Å². The largest absolute Gasteiger partial charge is 0.488 e. The Morgan fingerprint density at radius 1 is 1.19 bits per heavy atom. The van der Waals surface area contributed by atoms with Crippen LogP contribution in [0.2, 0.25) is 0 Å². The summed E-state index contributed by atoms with van der Waals surface area (Å²) >= 11 is 1.73. The maximum absolute atomic E-state index is 11.3. The second kappa shape index (κ2) is 11.9. The summed E-state index contributed by atoms with van der Waals surface area (Å²) < 4.78 is 6.35. The molecule has 2 aromatic carbocycles. The maximum atomic E-state index is 11.3. The minimum atomic E-state index is -0.681. The molecule has 0 spiro atoms. The molecule has 0 amide bonds. The van der Waals surface area contributed by atoms with Gasteiger partial charge in [-0.3, -0.25) is 9.69 Å². The molecule has 8 heteroatoms. The van der Waals surface area contributed by atoms with Crippen LogP contribution in [0.1, 0.15) is 54.5 Å².